The average molecular weight is 610 g/mol. The molecule has 10 heteroatoms. The van der Waals surface area contributed by atoms with E-state index in [0.29, 0.717) is 43.0 Å². The van der Waals surface area contributed by atoms with Crippen LogP contribution in [0.3, 0.4) is 0 Å². The molecule has 4 aromatic carbocycles. The molecule has 0 amide bonds. The van der Waals surface area contributed by atoms with Crippen molar-refractivity contribution in [1.82, 2.24) is 9.97 Å². The Morgan fingerprint density at radius 1 is 0.500 bits per heavy atom. The summed E-state index contributed by atoms with van der Waals surface area (Å²) in [6.45, 7) is 0. The van der Waals surface area contributed by atoms with Gasteiger partial charge in [0.2, 0.25) is 0 Å². The van der Waals surface area contributed by atoms with Gasteiger partial charge in [-0.2, -0.15) is 0 Å². The highest BCUT2D eigenvalue weighted by Gasteiger charge is 2.13. The molecule has 0 atom stereocenters. The number of rotatable bonds is 6. The maximum absolute atomic E-state index is 12.5. The van der Waals surface area contributed by atoms with Crippen LogP contribution in [0.1, 0.15) is 20.7 Å². The van der Waals surface area contributed by atoms with Crippen molar-refractivity contribution in [3.63, 3.8) is 0 Å². The third-order valence-corrected chi connectivity index (χ3v) is 6.46. The number of hydrogen-bond acceptors (Lipinski definition) is 6. The van der Waals surface area contributed by atoms with Gasteiger partial charge in [-0.15, -0.1) is 0 Å². The zero-order chi connectivity index (χ0) is 28.2. The van der Waals surface area contributed by atoms with Crippen LogP contribution in [0.25, 0.3) is 22.5 Å². The van der Waals surface area contributed by atoms with E-state index >= 15 is 0 Å². The Labute approximate surface area is 249 Å². The Hall–Kier alpha value is -3.94. The van der Waals surface area contributed by atoms with Crippen LogP contribution in [-0.4, -0.2) is 21.9 Å². The third-order valence-electron chi connectivity index (χ3n) is 5.58. The van der Waals surface area contributed by atoms with Crippen LogP contribution in [-0.2, 0) is 0 Å². The van der Waals surface area contributed by atoms with Crippen LogP contribution in [0, 0.1) is 0 Å². The van der Waals surface area contributed by atoms with Crippen molar-refractivity contribution in [3.8, 4) is 34.0 Å². The minimum absolute atomic E-state index is 0.247. The Balaban J connectivity index is 1.27. The van der Waals surface area contributed by atoms with E-state index in [0.717, 1.165) is 11.1 Å². The van der Waals surface area contributed by atoms with E-state index in [4.69, 9.17) is 55.9 Å². The van der Waals surface area contributed by atoms with Gasteiger partial charge in [-0.05, 0) is 91.0 Å². The molecule has 0 aliphatic heterocycles. The molecule has 0 bridgehead atoms. The highest BCUT2D eigenvalue weighted by atomic mass is 35.5. The minimum Gasteiger partial charge on any atom is -0.423 e. The van der Waals surface area contributed by atoms with Crippen LogP contribution in [0.4, 0.5) is 0 Å². The molecule has 5 rings (SSSR count). The highest BCUT2D eigenvalue weighted by molar-refractivity contribution is 6.35. The van der Waals surface area contributed by atoms with Gasteiger partial charge in [0.1, 0.15) is 17.8 Å². The lowest BCUT2D eigenvalue weighted by molar-refractivity contribution is 0.0725. The highest BCUT2D eigenvalue weighted by Crippen LogP contribution is 2.27. The number of esters is 2. The molecular formula is C30H16Cl4N2O4. The first-order valence-electron chi connectivity index (χ1n) is 11.6. The average Bonchev–Trinajstić information content (AvgIpc) is 2.93. The lowest BCUT2D eigenvalue weighted by atomic mass is 10.1. The molecule has 40 heavy (non-hydrogen) atoms. The molecule has 5 aromatic rings. The van der Waals surface area contributed by atoms with Crippen LogP contribution in [0.15, 0.2) is 97.3 Å². The van der Waals surface area contributed by atoms with Gasteiger partial charge in [0.05, 0.1) is 22.5 Å². The zero-order valence-corrected chi connectivity index (χ0v) is 23.3. The summed E-state index contributed by atoms with van der Waals surface area (Å²) in [6.07, 6.45) is 1.46. The maximum atomic E-state index is 12.5. The Morgan fingerprint density at radius 3 is 1.20 bits per heavy atom. The Morgan fingerprint density at radius 2 is 0.850 bits per heavy atom. The molecule has 1 heterocycles. The molecule has 0 N–H and O–H groups in total. The van der Waals surface area contributed by atoms with E-state index in [-0.39, 0.29) is 11.1 Å². The zero-order valence-electron chi connectivity index (χ0n) is 20.3. The first-order chi connectivity index (χ1) is 19.2. The number of aromatic nitrogens is 2. The molecule has 0 aliphatic rings. The smallest absolute Gasteiger partial charge is 0.343 e. The van der Waals surface area contributed by atoms with E-state index in [1.54, 1.807) is 48.5 Å². The molecule has 6 nitrogen and oxygen atoms in total. The monoisotopic (exact) mass is 608 g/mol. The quantitative estimate of drug-likeness (QED) is 0.141. The predicted octanol–water partition coefficient (Wildman–Crippen LogP) is 8.86. The predicted molar refractivity (Wildman–Crippen MR) is 156 cm³/mol. The fourth-order valence-corrected chi connectivity index (χ4v) is 4.79. The van der Waals surface area contributed by atoms with E-state index in [2.05, 4.69) is 9.97 Å². The lowest BCUT2D eigenvalue weighted by Gasteiger charge is -2.08. The van der Waals surface area contributed by atoms with Gasteiger partial charge in [-0.1, -0.05) is 46.4 Å². The van der Waals surface area contributed by atoms with Crippen molar-refractivity contribution in [2.45, 2.75) is 0 Å². The van der Waals surface area contributed by atoms with Crippen molar-refractivity contribution < 1.29 is 19.1 Å². The summed E-state index contributed by atoms with van der Waals surface area (Å²) in [4.78, 5) is 33.6. The van der Waals surface area contributed by atoms with E-state index < -0.39 is 11.9 Å². The molecule has 0 saturated carbocycles. The number of benzene rings is 4. The van der Waals surface area contributed by atoms with Crippen LogP contribution >= 0.6 is 46.4 Å². The molecular weight excluding hydrogens is 594 g/mol. The number of nitrogens with zero attached hydrogens (tertiary/aromatic N) is 2. The summed E-state index contributed by atoms with van der Waals surface area (Å²) in [5.41, 5.74) is 3.41. The second-order valence-corrected chi connectivity index (χ2v) is 10.2. The fourth-order valence-electron chi connectivity index (χ4n) is 3.74. The standard InChI is InChI=1S/C30H16Cl4N2O4/c31-21-9-19(10-22(32)13-21)29(37)39-25-5-1-17(2-6-25)27-15-28(36-16-35-27)18-3-7-26(8-4-18)40-30(38)20-11-23(33)14-24(34)12-20/h1-16H. The molecule has 0 saturated heterocycles. The van der Waals surface area contributed by atoms with Gasteiger partial charge in [0.25, 0.3) is 0 Å². The first kappa shape index (κ1) is 27.6. The lowest BCUT2D eigenvalue weighted by Crippen LogP contribution is -2.08. The number of carbonyl (C=O) groups excluding carboxylic acids is 2. The Bertz CT molecular complexity index is 1560. The fraction of sp³-hybridized carbons (Fsp3) is 0. The van der Waals surface area contributed by atoms with Crippen molar-refractivity contribution in [2.24, 2.45) is 0 Å². The maximum Gasteiger partial charge on any atom is 0.343 e. The van der Waals surface area contributed by atoms with Crippen LogP contribution in [0.5, 0.6) is 11.5 Å². The first-order valence-corrected chi connectivity index (χ1v) is 13.1. The Kier molecular flexibility index (Phi) is 8.33. The summed E-state index contributed by atoms with van der Waals surface area (Å²) >= 11 is 23.9. The largest absolute Gasteiger partial charge is 0.423 e. The summed E-state index contributed by atoms with van der Waals surface area (Å²) < 4.78 is 10.9. The van der Waals surface area contributed by atoms with Crippen molar-refractivity contribution >= 4 is 58.3 Å². The number of ether oxygens (including phenoxy) is 2. The number of halogens is 4. The second-order valence-electron chi connectivity index (χ2n) is 8.43. The SMILES string of the molecule is O=C(Oc1ccc(-c2cc(-c3ccc(OC(=O)c4cc(Cl)cc(Cl)c4)cc3)ncn2)cc1)c1cc(Cl)cc(Cl)c1. The van der Waals surface area contributed by atoms with E-state index in [1.807, 2.05) is 6.07 Å². The van der Waals surface area contributed by atoms with Gasteiger partial charge in [0, 0.05) is 31.2 Å². The van der Waals surface area contributed by atoms with Gasteiger partial charge in [-0.25, -0.2) is 19.6 Å². The second kappa shape index (κ2) is 12.1. The van der Waals surface area contributed by atoms with Crippen LogP contribution in [0.2, 0.25) is 20.1 Å². The third kappa shape index (κ3) is 6.79. The molecule has 1 aromatic heterocycles. The van der Waals surface area contributed by atoms with E-state index in [9.17, 15) is 9.59 Å². The summed E-state index contributed by atoms with van der Waals surface area (Å²) in [7, 11) is 0. The molecule has 0 spiro atoms. The molecule has 198 valence electrons. The van der Waals surface area contributed by atoms with Gasteiger partial charge in [-0.3, -0.25) is 0 Å². The molecule has 0 radical (unpaired) electrons. The summed E-state index contributed by atoms with van der Waals surface area (Å²) in [5.74, 6) is -0.451. The summed E-state index contributed by atoms with van der Waals surface area (Å²) in [6, 6.07) is 24.6. The minimum atomic E-state index is -0.577. The number of carbonyl (C=O) groups is 2. The van der Waals surface area contributed by atoms with Crippen molar-refractivity contribution in [1.29, 1.82) is 0 Å². The summed E-state index contributed by atoms with van der Waals surface area (Å²) in [5, 5.41) is 1.36. The normalized spacial score (nSPS) is 10.7. The molecule has 0 aliphatic carbocycles. The van der Waals surface area contributed by atoms with Gasteiger partial charge < -0.3 is 9.47 Å². The van der Waals surface area contributed by atoms with Gasteiger partial charge in [0.15, 0.2) is 0 Å². The van der Waals surface area contributed by atoms with Crippen molar-refractivity contribution in [3.05, 3.63) is 129 Å². The van der Waals surface area contributed by atoms with Gasteiger partial charge >= 0.3 is 11.9 Å². The van der Waals surface area contributed by atoms with Crippen molar-refractivity contribution in [2.75, 3.05) is 0 Å². The van der Waals surface area contributed by atoms with E-state index in [1.165, 1.54) is 42.7 Å². The van der Waals surface area contributed by atoms with Crippen LogP contribution < -0.4 is 9.47 Å². The topological polar surface area (TPSA) is 78.4 Å². The number of hydrogen-bond donors (Lipinski definition) is 0. The molecule has 0 unspecified atom stereocenters. The molecule has 0 fully saturated rings.